The van der Waals surface area contributed by atoms with Crippen molar-refractivity contribution in [2.75, 3.05) is 33.2 Å². The van der Waals surface area contributed by atoms with Crippen molar-refractivity contribution in [2.24, 2.45) is 5.73 Å². The molecule has 0 saturated carbocycles. The van der Waals surface area contributed by atoms with Gasteiger partial charge in [-0.05, 0) is 37.4 Å². The van der Waals surface area contributed by atoms with Gasteiger partial charge in [-0.1, -0.05) is 6.42 Å². The van der Waals surface area contributed by atoms with Crippen LogP contribution in [0.4, 0.5) is 0 Å². The lowest BCUT2D eigenvalue weighted by Gasteiger charge is -2.32. The van der Waals surface area contributed by atoms with E-state index < -0.39 is 0 Å². The summed E-state index contributed by atoms with van der Waals surface area (Å²) in [5, 5.41) is 0. The molecule has 2 heterocycles. The number of rotatable bonds is 2. The summed E-state index contributed by atoms with van der Waals surface area (Å²) in [5.41, 5.74) is 8.82. The van der Waals surface area contributed by atoms with Crippen molar-refractivity contribution in [2.45, 2.75) is 38.3 Å². The minimum atomic E-state index is 0.141. The number of carbonyl (C=O) groups is 1. The van der Waals surface area contributed by atoms with Crippen molar-refractivity contribution in [1.82, 2.24) is 14.4 Å². The average molecular weight is 290 g/mol. The fourth-order valence-corrected chi connectivity index (χ4v) is 3.35. The molecule has 116 valence electrons. The summed E-state index contributed by atoms with van der Waals surface area (Å²) in [4.78, 5) is 16.6. The van der Waals surface area contributed by atoms with E-state index in [1.54, 1.807) is 0 Å². The van der Waals surface area contributed by atoms with E-state index in [0.29, 0.717) is 6.54 Å². The lowest BCUT2D eigenvalue weighted by Crippen LogP contribution is -2.48. The number of amides is 1. The summed E-state index contributed by atoms with van der Waals surface area (Å²) in [7, 11) is 2.10. The summed E-state index contributed by atoms with van der Waals surface area (Å²) >= 11 is 0. The predicted molar refractivity (Wildman–Crippen MR) is 83.0 cm³/mol. The second kappa shape index (κ2) is 6.20. The maximum absolute atomic E-state index is 12.4. The van der Waals surface area contributed by atoms with Crippen LogP contribution in [0.25, 0.3) is 0 Å². The van der Waals surface area contributed by atoms with Gasteiger partial charge in [0.25, 0.3) is 0 Å². The molecule has 1 unspecified atom stereocenters. The topological polar surface area (TPSA) is 54.5 Å². The molecule has 2 N–H and O–H groups in total. The molecule has 21 heavy (non-hydrogen) atoms. The molecular formula is C16H26N4O. The van der Waals surface area contributed by atoms with E-state index in [-0.39, 0.29) is 11.9 Å². The van der Waals surface area contributed by atoms with Gasteiger partial charge in [-0.2, -0.15) is 0 Å². The number of likely N-dealkylation sites (N-methyl/N-ethyl adjacent to an activating group) is 1. The zero-order chi connectivity index (χ0) is 14.8. The first-order valence-corrected chi connectivity index (χ1v) is 8.04. The van der Waals surface area contributed by atoms with Crippen molar-refractivity contribution in [3.63, 3.8) is 0 Å². The molecule has 5 heteroatoms. The zero-order valence-corrected chi connectivity index (χ0v) is 12.9. The van der Waals surface area contributed by atoms with Crippen LogP contribution in [-0.2, 0) is 17.8 Å². The van der Waals surface area contributed by atoms with Gasteiger partial charge < -0.3 is 20.1 Å². The van der Waals surface area contributed by atoms with Crippen LogP contribution in [0.5, 0.6) is 0 Å². The zero-order valence-electron chi connectivity index (χ0n) is 12.9. The molecule has 1 aromatic rings. The Hall–Kier alpha value is -1.33. The third-order valence-electron chi connectivity index (χ3n) is 4.78. The van der Waals surface area contributed by atoms with Gasteiger partial charge >= 0.3 is 0 Å². The first-order chi connectivity index (χ1) is 10.1. The standard InChI is InChI=1S/C16H26N4O/c1-18-6-8-20(9-7-18)16(21)12-19-10-13-4-2-3-5-15(17)14(13)11-19/h10-11,15H,2-9,12,17H2,1H3. The largest absolute Gasteiger partial charge is 0.344 e. The highest BCUT2D eigenvalue weighted by Gasteiger charge is 2.21. The van der Waals surface area contributed by atoms with Gasteiger partial charge in [0.2, 0.25) is 5.91 Å². The average Bonchev–Trinajstić information content (AvgIpc) is 2.79. The van der Waals surface area contributed by atoms with Gasteiger partial charge in [-0.3, -0.25) is 4.79 Å². The summed E-state index contributed by atoms with van der Waals surface area (Å²) in [5.74, 6) is 0.224. The van der Waals surface area contributed by atoms with Gasteiger partial charge in [-0.15, -0.1) is 0 Å². The molecule has 0 aromatic carbocycles. The normalized spacial score (nSPS) is 23.7. The Balaban J connectivity index is 1.65. The number of nitrogens with zero attached hydrogens (tertiary/aromatic N) is 3. The predicted octanol–water partition coefficient (Wildman–Crippen LogP) is 0.988. The van der Waals surface area contributed by atoms with Crippen molar-refractivity contribution >= 4 is 5.91 Å². The number of hydrogen-bond donors (Lipinski definition) is 1. The molecule has 1 aliphatic carbocycles. The van der Waals surface area contributed by atoms with Crippen LogP contribution in [0.3, 0.4) is 0 Å². The maximum atomic E-state index is 12.4. The quantitative estimate of drug-likeness (QED) is 0.826. The lowest BCUT2D eigenvalue weighted by atomic mass is 10.1. The highest BCUT2D eigenvalue weighted by molar-refractivity contribution is 5.76. The molecule has 1 fully saturated rings. The summed E-state index contributed by atoms with van der Waals surface area (Å²) < 4.78 is 2.04. The first-order valence-electron chi connectivity index (χ1n) is 8.04. The molecule has 0 spiro atoms. The summed E-state index contributed by atoms with van der Waals surface area (Å²) in [6, 6.07) is 0.141. The van der Waals surface area contributed by atoms with E-state index >= 15 is 0 Å². The number of fused-ring (bicyclic) bond motifs is 1. The number of aromatic nitrogens is 1. The smallest absolute Gasteiger partial charge is 0.242 e. The van der Waals surface area contributed by atoms with E-state index in [9.17, 15) is 4.79 Å². The van der Waals surface area contributed by atoms with Gasteiger partial charge in [0, 0.05) is 44.6 Å². The van der Waals surface area contributed by atoms with E-state index in [4.69, 9.17) is 5.73 Å². The van der Waals surface area contributed by atoms with Gasteiger partial charge in [0.1, 0.15) is 6.54 Å². The van der Waals surface area contributed by atoms with Crippen LogP contribution in [0.2, 0.25) is 0 Å². The fourth-order valence-electron chi connectivity index (χ4n) is 3.35. The molecule has 0 bridgehead atoms. The molecule has 2 aliphatic rings. The van der Waals surface area contributed by atoms with Crippen molar-refractivity contribution < 1.29 is 4.79 Å². The molecule has 1 saturated heterocycles. The SMILES string of the molecule is CN1CCN(C(=O)Cn2cc3c(c2)C(N)CCCC3)CC1. The van der Waals surface area contributed by atoms with E-state index in [1.807, 2.05) is 9.47 Å². The van der Waals surface area contributed by atoms with E-state index in [0.717, 1.165) is 39.0 Å². The first kappa shape index (κ1) is 14.6. The third-order valence-corrected chi connectivity index (χ3v) is 4.78. The van der Waals surface area contributed by atoms with Crippen LogP contribution in [0.15, 0.2) is 12.4 Å². The maximum Gasteiger partial charge on any atom is 0.242 e. The molecular weight excluding hydrogens is 264 g/mol. The number of aryl methyl sites for hydroxylation is 1. The minimum Gasteiger partial charge on any atom is -0.344 e. The van der Waals surface area contributed by atoms with Crippen molar-refractivity contribution in [3.8, 4) is 0 Å². The Morgan fingerprint density at radius 1 is 1.24 bits per heavy atom. The summed E-state index contributed by atoms with van der Waals surface area (Å²) in [6.07, 6.45) is 8.79. The lowest BCUT2D eigenvalue weighted by molar-refractivity contribution is -0.133. The van der Waals surface area contributed by atoms with Crippen LogP contribution in [0, 0.1) is 0 Å². The Labute approximate surface area is 126 Å². The Bertz CT molecular complexity index is 502. The highest BCUT2D eigenvalue weighted by Crippen LogP contribution is 2.27. The summed E-state index contributed by atoms with van der Waals surface area (Å²) in [6.45, 7) is 4.08. The van der Waals surface area contributed by atoms with Crippen LogP contribution < -0.4 is 5.73 Å². The third kappa shape index (κ3) is 3.30. The highest BCUT2D eigenvalue weighted by atomic mass is 16.2. The van der Waals surface area contributed by atoms with Crippen LogP contribution in [0.1, 0.15) is 36.4 Å². The Morgan fingerprint density at radius 3 is 2.76 bits per heavy atom. The molecule has 5 nitrogen and oxygen atoms in total. The van der Waals surface area contributed by atoms with Crippen LogP contribution >= 0.6 is 0 Å². The van der Waals surface area contributed by atoms with E-state index in [1.165, 1.54) is 24.0 Å². The Morgan fingerprint density at radius 2 is 2.00 bits per heavy atom. The van der Waals surface area contributed by atoms with Gasteiger partial charge in [0.15, 0.2) is 0 Å². The number of hydrogen-bond acceptors (Lipinski definition) is 3. The van der Waals surface area contributed by atoms with Crippen molar-refractivity contribution in [3.05, 3.63) is 23.5 Å². The second-order valence-corrected chi connectivity index (χ2v) is 6.45. The van der Waals surface area contributed by atoms with Crippen molar-refractivity contribution in [1.29, 1.82) is 0 Å². The Kier molecular flexibility index (Phi) is 4.31. The van der Waals surface area contributed by atoms with Gasteiger partial charge in [-0.25, -0.2) is 0 Å². The molecule has 0 radical (unpaired) electrons. The second-order valence-electron chi connectivity index (χ2n) is 6.45. The number of nitrogens with two attached hydrogens (primary N) is 1. The molecule has 1 aliphatic heterocycles. The molecule has 1 aromatic heterocycles. The number of carbonyl (C=O) groups excluding carboxylic acids is 1. The van der Waals surface area contributed by atoms with E-state index in [2.05, 4.69) is 24.3 Å². The fraction of sp³-hybridized carbons (Fsp3) is 0.688. The van der Waals surface area contributed by atoms with Crippen LogP contribution in [-0.4, -0.2) is 53.5 Å². The number of piperazine rings is 1. The molecule has 1 atom stereocenters. The monoisotopic (exact) mass is 290 g/mol. The van der Waals surface area contributed by atoms with Gasteiger partial charge in [0.05, 0.1) is 0 Å². The molecule has 1 amide bonds. The minimum absolute atomic E-state index is 0.141. The molecule has 3 rings (SSSR count).